The van der Waals surface area contributed by atoms with Crippen LogP contribution in [-0.2, 0) is 30.6 Å². The summed E-state index contributed by atoms with van der Waals surface area (Å²) in [6.07, 6.45) is 3.49. The highest BCUT2D eigenvalue weighted by atomic mass is 32.2. The first kappa shape index (κ1) is 27.8. The van der Waals surface area contributed by atoms with E-state index < -0.39 is 39.4 Å². The molecule has 4 rings (SSSR count). The molecule has 8 nitrogen and oxygen atoms in total. The minimum Gasteiger partial charge on any atom is -0.444 e. The minimum atomic E-state index is -3.27. The molecular weight excluding hydrogens is 504 g/mol. The molecule has 2 aromatic carbocycles. The van der Waals surface area contributed by atoms with E-state index in [-0.39, 0.29) is 29.1 Å². The van der Waals surface area contributed by atoms with E-state index in [1.807, 2.05) is 24.3 Å². The van der Waals surface area contributed by atoms with Crippen LogP contribution in [0.2, 0.25) is 0 Å². The van der Waals surface area contributed by atoms with Crippen molar-refractivity contribution < 1.29 is 27.5 Å². The van der Waals surface area contributed by atoms with Crippen LogP contribution in [-0.4, -0.2) is 55.0 Å². The molecule has 0 unspecified atom stereocenters. The van der Waals surface area contributed by atoms with E-state index in [0.29, 0.717) is 6.42 Å². The maximum absolute atomic E-state index is 13.5. The molecule has 2 N–H and O–H groups in total. The van der Waals surface area contributed by atoms with E-state index in [1.54, 1.807) is 49.9 Å². The van der Waals surface area contributed by atoms with Gasteiger partial charge in [0, 0.05) is 24.6 Å². The first-order valence-electron chi connectivity index (χ1n) is 13.0. The molecular formula is C29H36N2O6S. The smallest absolute Gasteiger partial charge is 0.411 e. The van der Waals surface area contributed by atoms with Gasteiger partial charge in [-0.05, 0) is 81.2 Å². The number of rotatable bonds is 8. The highest BCUT2D eigenvalue weighted by Gasteiger charge is 2.52. The summed E-state index contributed by atoms with van der Waals surface area (Å²) in [6.45, 7) is 5.40. The summed E-state index contributed by atoms with van der Waals surface area (Å²) >= 11 is 0. The number of benzene rings is 2. The maximum Gasteiger partial charge on any atom is 0.411 e. The van der Waals surface area contributed by atoms with Gasteiger partial charge in [-0.1, -0.05) is 36.4 Å². The van der Waals surface area contributed by atoms with Crippen molar-refractivity contribution in [2.75, 3.05) is 6.26 Å². The molecule has 0 radical (unpaired) electrons. The van der Waals surface area contributed by atoms with E-state index in [0.717, 1.165) is 36.0 Å². The maximum atomic E-state index is 13.5. The molecule has 1 saturated heterocycles. The van der Waals surface area contributed by atoms with E-state index in [1.165, 1.54) is 6.26 Å². The molecule has 9 heteroatoms. The highest BCUT2D eigenvalue weighted by Crippen LogP contribution is 2.44. The van der Waals surface area contributed by atoms with Gasteiger partial charge in [0.15, 0.2) is 15.6 Å². The second-order valence-corrected chi connectivity index (χ2v) is 13.5. The molecule has 0 aromatic heterocycles. The predicted molar refractivity (Wildman–Crippen MR) is 144 cm³/mol. The van der Waals surface area contributed by atoms with Crippen molar-refractivity contribution in [1.82, 2.24) is 4.90 Å². The van der Waals surface area contributed by atoms with Gasteiger partial charge in [0.1, 0.15) is 5.60 Å². The van der Waals surface area contributed by atoms with Crippen LogP contribution in [0.25, 0.3) is 11.1 Å². The Bertz CT molecular complexity index is 1310. The van der Waals surface area contributed by atoms with Crippen molar-refractivity contribution in [3.63, 3.8) is 0 Å². The second kappa shape index (κ2) is 10.5. The van der Waals surface area contributed by atoms with Crippen molar-refractivity contribution in [3.05, 3.63) is 54.1 Å². The van der Waals surface area contributed by atoms with Crippen LogP contribution in [0.15, 0.2) is 53.4 Å². The predicted octanol–water partition coefficient (Wildman–Crippen LogP) is 4.15. The van der Waals surface area contributed by atoms with Gasteiger partial charge < -0.3 is 10.5 Å². The van der Waals surface area contributed by atoms with Gasteiger partial charge in [0.25, 0.3) is 0 Å². The standard InChI is InChI=1S/C29H36N2O6S/c1-29(2,3)37-28(34)31-23-12-9-21(16-23)26(31)25(32)17-22(27(30)33)15-18-5-7-19(8-6-18)20-10-13-24(14-11-20)38(4,35)36/h5-8,10-11,13-14,21-23,26H,9,12,15-17H2,1-4H3,(H2,30,33)/t21-,22+,23+,26-/m0/s1. The number of ether oxygens (including phenoxy) is 1. The number of sulfone groups is 1. The van der Waals surface area contributed by atoms with E-state index in [9.17, 15) is 22.8 Å². The van der Waals surface area contributed by atoms with Crippen molar-refractivity contribution in [2.24, 2.45) is 17.6 Å². The van der Waals surface area contributed by atoms with Gasteiger partial charge in [0.2, 0.25) is 5.91 Å². The second-order valence-electron chi connectivity index (χ2n) is 11.5. The fourth-order valence-corrected chi connectivity index (χ4v) is 6.26. The van der Waals surface area contributed by atoms with Crippen LogP contribution in [0.4, 0.5) is 4.79 Å². The third kappa shape index (κ3) is 6.26. The quantitative estimate of drug-likeness (QED) is 0.537. The number of ketones is 1. The summed E-state index contributed by atoms with van der Waals surface area (Å²) in [4.78, 5) is 40.6. The number of carbonyl (C=O) groups excluding carboxylic acids is 3. The zero-order valence-corrected chi connectivity index (χ0v) is 23.2. The zero-order valence-electron chi connectivity index (χ0n) is 22.3. The third-order valence-corrected chi connectivity index (χ3v) is 8.55. The van der Waals surface area contributed by atoms with Crippen LogP contribution < -0.4 is 5.73 Å². The molecule has 1 aliphatic heterocycles. The number of fused-ring (bicyclic) bond motifs is 2. The molecule has 2 bridgehead atoms. The van der Waals surface area contributed by atoms with Gasteiger partial charge in [-0.25, -0.2) is 13.2 Å². The normalized spacial score (nSPS) is 21.8. The Kier molecular flexibility index (Phi) is 7.70. The molecule has 1 saturated carbocycles. The Morgan fingerprint density at radius 1 is 1.00 bits per heavy atom. The summed E-state index contributed by atoms with van der Waals surface area (Å²) in [7, 11) is -3.27. The average molecular weight is 541 g/mol. The molecule has 2 aliphatic rings. The molecule has 1 aliphatic carbocycles. The molecule has 38 heavy (non-hydrogen) atoms. The number of nitrogens with zero attached hydrogens (tertiary/aromatic N) is 1. The Morgan fingerprint density at radius 3 is 2.11 bits per heavy atom. The lowest BCUT2D eigenvalue weighted by Crippen LogP contribution is -2.51. The number of piperidine rings is 1. The van der Waals surface area contributed by atoms with E-state index in [2.05, 4.69) is 0 Å². The van der Waals surface area contributed by atoms with Crippen molar-refractivity contribution in [2.45, 2.75) is 75.5 Å². The molecule has 204 valence electrons. The lowest BCUT2D eigenvalue weighted by Gasteiger charge is -2.36. The molecule has 1 heterocycles. The topological polar surface area (TPSA) is 124 Å². The monoisotopic (exact) mass is 540 g/mol. The number of Topliss-reactive ketones (excluding diaryl/α,β-unsaturated/α-hetero) is 1. The van der Waals surface area contributed by atoms with Crippen LogP contribution in [0.1, 0.15) is 52.0 Å². The average Bonchev–Trinajstić information content (AvgIpc) is 3.44. The lowest BCUT2D eigenvalue weighted by atomic mass is 9.87. The Hall–Kier alpha value is -3.20. The summed E-state index contributed by atoms with van der Waals surface area (Å²) in [5.74, 6) is -1.30. The number of hydrogen-bond acceptors (Lipinski definition) is 6. The summed E-state index contributed by atoms with van der Waals surface area (Å²) in [5.41, 5.74) is 7.67. The minimum absolute atomic E-state index is 0.00475. The number of amides is 2. The van der Waals surface area contributed by atoms with E-state index >= 15 is 0 Å². The van der Waals surface area contributed by atoms with Crippen LogP contribution in [0, 0.1) is 11.8 Å². The van der Waals surface area contributed by atoms with Crippen LogP contribution >= 0.6 is 0 Å². The fourth-order valence-electron chi connectivity index (χ4n) is 5.63. The van der Waals surface area contributed by atoms with Crippen LogP contribution in [0.3, 0.4) is 0 Å². The number of nitrogens with two attached hydrogens (primary N) is 1. The van der Waals surface area contributed by atoms with Gasteiger partial charge in [-0.15, -0.1) is 0 Å². The highest BCUT2D eigenvalue weighted by molar-refractivity contribution is 7.90. The third-order valence-electron chi connectivity index (χ3n) is 7.42. The van der Waals surface area contributed by atoms with Crippen molar-refractivity contribution in [3.8, 4) is 11.1 Å². The van der Waals surface area contributed by atoms with Crippen molar-refractivity contribution >= 4 is 27.6 Å². The first-order chi connectivity index (χ1) is 17.7. The largest absolute Gasteiger partial charge is 0.444 e. The molecule has 0 spiro atoms. The lowest BCUT2D eigenvalue weighted by molar-refractivity contribution is -0.131. The Morgan fingerprint density at radius 2 is 1.58 bits per heavy atom. The molecule has 2 amide bonds. The van der Waals surface area contributed by atoms with Crippen molar-refractivity contribution in [1.29, 1.82) is 0 Å². The SMILES string of the molecule is CC(C)(C)OC(=O)N1[C@@H]2CC[C@@H](C2)[C@H]1C(=O)C[C@@H](Cc1ccc(-c2ccc(S(C)(=O)=O)cc2)cc1)C(N)=O. The molecule has 2 aromatic rings. The Labute approximate surface area is 224 Å². The summed E-state index contributed by atoms with van der Waals surface area (Å²) in [5, 5.41) is 0. The number of carbonyl (C=O) groups is 3. The number of likely N-dealkylation sites (tertiary alicyclic amines) is 1. The first-order valence-corrected chi connectivity index (χ1v) is 14.8. The van der Waals surface area contributed by atoms with Gasteiger partial charge in [0.05, 0.1) is 10.9 Å². The zero-order chi connectivity index (χ0) is 27.8. The molecule has 2 fully saturated rings. The van der Waals surface area contributed by atoms with Gasteiger partial charge in [-0.3, -0.25) is 14.5 Å². The summed E-state index contributed by atoms with van der Waals surface area (Å²) in [6, 6.07) is 13.6. The summed E-state index contributed by atoms with van der Waals surface area (Å²) < 4.78 is 29.0. The number of primary amides is 1. The molecule has 4 atom stereocenters. The number of hydrogen-bond donors (Lipinski definition) is 1. The van der Waals surface area contributed by atoms with Crippen LogP contribution in [0.5, 0.6) is 0 Å². The fraction of sp³-hybridized carbons (Fsp3) is 0.483. The van der Waals surface area contributed by atoms with E-state index in [4.69, 9.17) is 10.5 Å². The van der Waals surface area contributed by atoms with Gasteiger partial charge >= 0.3 is 6.09 Å². The Balaban J connectivity index is 1.45. The van der Waals surface area contributed by atoms with Gasteiger partial charge in [-0.2, -0.15) is 0 Å².